The fourth-order valence-electron chi connectivity index (χ4n) is 2.50. The zero-order valence-electron chi connectivity index (χ0n) is 16.0. The lowest BCUT2D eigenvalue weighted by Crippen LogP contribution is -2.46. The molecule has 0 aliphatic rings. The summed E-state index contributed by atoms with van der Waals surface area (Å²) >= 11 is 0. The summed E-state index contributed by atoms with van der Waals surface area (Å²) in [5.74, 6) is -0.472. The summed E-state index contributed by atoms with van der Waals surface area (Å²) in [5, 5.41) is 2.83. The molecule has 1 aromatic rings. The molecule has 1 amide bonds. The Morgan fingerprint density at radius 1 is 1.19 bits per heavy atom. The van der Waals surface area contributed by atoms with E-state index in [0.717, 1.165) is 34.3 Å². The number of nitrogens with zero attached hydrogens (tertiary/aromatic N) is 2. The van der Waals surface area contributed by atoms with Crippen LogP contribution in [0.4, 0.5) is 10.1 Å². The highest BCUT2D eigenvalue weighted by molar-refractivity contribution is 7.90. The third kappa shape index (κ3) is 6.57. The molecule has 0 aliphatic carbocycles. The molecule has 148 valence electrons. The molecule has 0 fully saturated rings. The Bertz CT molecular complexity index is 663. The normalized spacial score (nSPS) is 12.8. The highest BCUT2D eigenvalue weighted by Gasteiger charge is 2.27. The highest BCUT2D eigenvalue weighted by atomic mass is 32.2. The Balaban J connectivity index is 2.86. The summed E-state index contributed by atoms with van der Waals surface area (Å²) < 4.78 is 40.3. The Hall–Kier alpha value is -1.67. The van der Waals surface area contributed by atoms with Gasteiger partial charge in [-0.05, 0) is 36.6 Å². The van der Waals surface area contributed by atoms with Crippen LogP contribution in [0.5, 0.6) is 0 Å². The molecule has 0 aliphatic heterocycles. The fourth-order valence-corrected chi connectivity index (χ4v) is 3.56. The van der Waals surface area contributed by atoms with Gasteiger partial charge < -0.3 is 5.32 Å². The van der Waals surface area contributed by atoms with Crippen molar-refractivity contribution in [3.05, 3.63) is 30.1 Å². The van der Waals surface area contributed by atoms with Crippen LogP contribution in [0.1, 0.15) is 39.5 Å². The monoisotopic (exact) mass is 387 g/mol. The van der Waals surface area contributed by atoms with Gasteiger partial charge in [0.1, 0.15) is 12.4 Å². The van der Waals surface area contributed by atoms with Gasteiger partial charge in [-0.25, -0.2) is 8.70 Å². The van der Waals surface area contributed by atoms with E-state index in [2.05, 4.69) is 19.2 Å². The molecular formula is C18H30FN3O3S. The van der Waals surface area contributed by atoms with Crippen LogP contribution in [0.15, 0.2) is 24.3 Å². The Kier molecular flexibility index (Phi) is 9.01. The van der Waals surface area contributed by atoms with Crippen molar-refractivity contribution in [2.75, 3.05) is 31.5 Å². The van der Waals surface area contributed by atoms with Crippen LogP contribution < -0.4 is 9.62 Å². The van der Waals surface area contributed by atoms with Crippen LogP contribution in [0.25, 0.3) is 0 Å². The van der Waals surface area contributed by atoms with E-state index in [1.165, 1.54) is 38.4 Å². The standard InChI is InChI=1S/C18H30FN3O3S/c1-5-7-8-15(6-2)13-20-18(23)14-22(26(24,25)21(3)4)17-11-9-16(19)10-12-17/h9-12,15H,5-8,13-14H2,1-4H3,(H,20,23)/t15-/m1/s1. The Morgan fingerprint density at radius 2 is 1.81 bits per heavy atom. The molecule has 1 atom stereocenters. The lowest BCUT2D eigenvalue weighted by molar-refractivity contribution is -0.119. The zero-order chi connectivity index (χ0) is 19.7. The first-order chi connectivity index (χ1) is 12.2. The quantitative estimate of drug-likeness (QED) is 0.635. The van der Waals surface area contributed by atoms with Crippen LogP contribution in [-0.2, 0) is 15.0 Å². The van der Waals surface area contributed by atoms with Gasteiger partial charge >= 0.3 is 10.2 Å². The second kappa shape index (κ2) is 10.5. The number of nitrogens with one attached hydrogen (secondary N) is 1. The molecular weight excluding hydrogens is 357 g/mol. The molecule has 6 nitrogen and oxygen atoms in total. The number of carbonyl (C=O) groups is 1. The topological polar surface area (TPSA) is 69.7 Å². The summed E-state index contributed by atoms with van der Waals surface area (Å²) in [5.41, 5.74) is 0.244. The first-order valence-corrected chi connectivity index (χ1v) is 10.3. The first-order valence-electron chi connectivity index (χ1n) is 8.94. The molecule has 0 aromatic heterocycles. The molecule has 1 N–H and O–H groups in total. The van der Waals surface area contributed by atoms with Crippen LogP contribution >= 0.6 is 0 Å². The maximum atomic E-state index is 13.2. The summed E-state index contributed by atoms with van der Waals surface area (Å²) in [4.78, 5) is 12.3. The van der Waals surface area contributed by atoms with Crippen LogP contribution in [0.2, 0.25) is 0 Å². The molecule has 0 spiro atoms. The van der Waals surface area contributed by atoms with Crippen molar-refractivity contribution in [2.24, 2.45) is 5.92 Å². The van der Waals surface area contributed by atoms with E-state index in [0.29, 0.717) is 12.5 Å². The number of unbranched alkanes of at least 4 members (excludes halogenated alkanes) is 1. The SMILES string of the molecule is CCCC[C@@H](CC)CNC(=O)CN(c1ccc(F)cc1)S(=O)(=O)N(C)C. The maximum Gasteiger partial charge on any atom is 0.304 e. The predicted octanol–water partition coefficient (Wildman–Crippen LogP) is 2.77. The number of anilines is 1. The maximum absolute atomic E-state index is 13.2. The summed E-state index contributed by atoms with van der Waals surface area (Å²) in [6.07, 6.45) is 4.19. The van der Waals surface area contributed by atoms with Gasteiger partial charge in [0.2, 0.25) is 5.91 Å². The molecule has 1 aromatic carbocycles. The minimum absolute atomic E-state index is 0.244. The van der Waals surface area contributed by atoms with Gasteiger partial charge in [-0.15, -0.1) is 0 Å². The minimum Gasteiger partial charge on any atom is -0.354 e. The van der Waals surface area contributed by atoms with Gasteiger partial charge in [0.05, 0.1) is 5.69 Å². The smallest absolute Gasteiger partial charge is 0.304 e. The molecule has 0 saturated heterocycles. The van der Waals surface area contributed by atoms with E-state index in [-0.39, 0.29) is 18.1 Å². The van der Waals surface area contributed by atoms with Crippen molar-refractivity contribution in [1.29, 1.82) is 0 Å². The number of benzene rings is 1. The minimum atomic E-state index is -3.87. The van der Waals surface area contributed by atoms with E-state index in [1.807, 2.05) is 0 Å². The summed E-state index contributed by atoms with van der Waals surface area (Å²) in [6, 6.07) is 5.03. The van der Waals surface area contributed by atoms with Crippen molar-refractivity contribution in [3.8, 4) is 0 Å². The van der Waals surface area contributed by atoms with Gasteiger partial charge in [-0.2, -0.15) is 12.7 Å². The Labute approximate surface area is 156 Å². The number of hydrogen-bond acceptors (Lipinski definition) is 3. The van der Waals surface area contributed by atoms with E-state index < -0.39 is 16.0 Å². The largest absolute Gasteiger partial charge is 0.354 e. The fraction of sp³-hybridized carbons (Fsp3) is 0.611. The highest BCUT2D eigenvalue weighted by Crippen LogP contribution is 2.19. The Morgan fingerprint density at radius 3 is 2.31 bits per heavy atom. The third-order valence-electron chi connectivity index (χ3n) is 4.27. The second-order valence-electron chi connectivity index (χ2n) is 6.49. The second-order valence-corrected chi connectivity index (χ2v) is 8.56. The first kappa shape index (κ1) is 22.4. The molecule has 0 unspecified atom stereocenters. The van der Waals surface area contributed by atoms with E-state index in [1.54, 1.807) is 0 Å². The van der Waals surface area contributed by atoms with E-state index in [9.17, 15) is 17.6 Å². The average Bonchev–Trinajstić information content (AvgIpc) is 2.60. The molecule has 0 heterocycles. The zero-order valence-corrected chi connectivity index (χ0v) is 16.9. The number of halogens is 1. The van der Waals surface area contributed by atoms with E-state index >= 15 is 0 Å². The molecule has 0 saturated carbocycles. The third-order valence-corrected chi connectivity index (χ3v) is 6.09. The number of carbonyl (C=O) groups excluding carboxylic acids is 1. The van der Waals surface area contributed by atoms with E-state index in [4.69, 9.17) is 0 Å². The van der Waals surface area contributed by atoms with Crippen molar-refractivity contribution >= 4 is 21.8 Å². The lowest BCUT2D eigenvalue weighted by Gasteiger charge is -2.27. The lowest BCUT2D eigenvalue weighted by atomic mass is 9.99. The van der Waals surface area contributed by atoms with Crippen molar-refractivity contribution < 1.29 is 17.6 Å². The van der Waals surface area contributed by atoms with Gasteiger partial charge in [-0.1, -0.05) is 33.1 Å². The number of rotatable bonds is 11. The summed E-state index contributed by atoms with van der Waals surface area (Å²) in [7, 11) is -1.09. The predicted molar refractivity (Wildman–Crippen MR) is 103 cm³/mol. The van der Waals surface area contributed by atoms with Crippen molar-refractivity contribution in [1.82, 2.24) is 9.62 Å². The number of hydrogen-bond donors (Lipinski definition) is 1. The molecule has 26 heavy (non-hydrogen) atoms. The summed E-state index contributed by atoms with van der Waals surface area (Å²) in [6.45, 7) is 4.37. The van der Waals surface area contributed by atoms with Crippen molar-refractivity contribution in [3.63, 3.8) is 0 Å². The molecule has 1 rings (SSSR count). The average molecular weight is 388 g/mol. The molecule has 8 heteroatoms. The van der Waals surface area contributed by atoms with Crippen LogP contribution in [-0.4, -0.2) is 45.8 Å². The van der Waals surface area contributed by atoms with Gasteiger partial charge in [0, 0.05) is 20.6 Å². The molecule has 0 radical (unpaired) electrons. The van der Waals surface area contributed by atoms with Gasteiger partial charge in [-0.3, -0.25) is 4.79 Å². The van der Waals surface area contributed by atoms with Crippen molar-refractivity contribution in [2.45, 2.75) is 39.5 Å². The van der Waals surface area contributed by atoms with Crippen LogP contribution in [0, 0.1) is 11.7 Å². The van der Waals surface area contributed by atoms with Gasteiger partial charge in [0.25, 0.3) is 0 Å². The van der Waals surface area contributed by atoms with Gasteiger partial charge in [0.15, 0.2) is 0 Å². The molecule has 0 bridgehead atoms. The van der Waals surface area contributed by atoms with Crippen LogP contribution in [0.3, 0.4) is 0 Å². The number of amides is 1.